The van der Waals surface area contributed by atoms with Crippen molar-refractivity contribution < 1.29 is 19.5 Å². The number of benzene rings is 2. The number of H-pyrrole nitrogens is 1. The normalized spacial score (nSPS) is 10.9. The molecule has 0 unspecified atom stereocenters. The van der Waals surface area contributed by atoms with Crippen molar-refractivity contribution in [3.05, 3.63) is 68.7 Å². The lowest BCUT2D eigenvalue weighted by atomic mass is 10.1. The first-order valence-electron chi connectivity index (χ1n) is 7.93. The predicted octanol–water partition coefficient (Wildman–Crippen LogP) is 3.02. The van der Waals surface area contributed by atoms with Gasteiger partial charge in [0, 0.05) is 0 Å². The summed E-state index contributed by atoms with van der Waals surface area (Å²) in [6.45, 7) is 0.0739. The molecule has 0 aliphatic rings. The number of aromatic nitrogens is 3. The molecule has 0 saturated carbocycles. The Morgan fingerprint density at radius 2 is 2.14 bits per heavy atom. The van der Waals surface area contributed by atoms with Crippen LogP contribution in [0.1, 0.15) is 11.4 Å². The molecule has 3 aromatic rings. The molecule has 0 saturated heterocycles. The maximum absolute atomic E-state index is 11.3. The van der Waals surface area contributed by atoms with Gasteiger partial charge in [-0.05, 0) is 30.4 Å². The standard InChI is InChI=1S/C17H15N5O5S/c1-26-15-8-13(22(24)25)11(7-14(15)23)9-18-21-16(19-20-17(21)28)10-27-12-5-3-2-4-6-12/h2-9,23H,10H2,1H3,(H,20,28)/b18-9-. The smallest absolute Gasteiger partial charge is 0.282 e. The number of para-hydroxylation sites is 1. The third-order valence-corrected chi connectivity index (χ3v) is 3.93. The number of phenolic OH excluding ortho intramolecular Hbond substituents is 1. The second-order valence-corrected chi connectivity index (χ2v) is 5.83. The van der Waals surface area contributed by atoms with Crippen LogP contribution in [0.4, 0.5) is 5.69 Å². The largest absolute Gasteiger partial charge is 0.504 e. The first-order valence-corrected chi connectivity index (χ1v) is 8.34. The average Bonchev–Trinajstić information content (AvgIpc) is 3.04. The van der Waals surface area contributed by atoms with Gasteiger partial charge >= 0.3 is 0 Å². The number of nitro groups is 1. The lowest BCUT2D eigenvalue weighted by molar-refractivity contribution is -0.385. The van der Waals surface area contributed by atoms with E-state index in [1.54, 1.807) is 12.1 Å². The number of ether oxygens (including phenoxy) is 2. The molecule has 2 N–H and O–H groups in total. The minimum absolute atomic E-state index is 0.0132. The molecule has 2 aromatic carbocycles. The Bertz CT molecular complexity index is 1080. The van der Waals surface area contributed by atoms with Gasteiger partial charge in [-0.25, -0.2) is 5.10 Å². The molecule has 10 nitrogen and oxygen atoms in total. The molecule has 0 bridgehead atoms. The van der Waals surface area contributed by atoms with Gasteiger partial charge in [0.1, 0.15) is 12.4 Å². The minimum atomic E-state index is -0.600. The van der Waals surface area contributed by atoms with E-state index in [4.69, 9.17) is 21.7 Å². The van der Waals surface area contributed by atoms with Gasteiger partial charge in [-0.15, -0.1) is 0 Å². The summed E-state index contributed by atoms with van der Waals surface area (Å²) in [5, 5.41) is 32.0. The Morgan fingerprint density at radius 1 is 1.39 bits per heavy atom. The highest BCUT2D eigenvalue weighted by atomic mass is 32.1. The van der Waals surface area contributed by atoms with Crippen molar-refractivity contribution in [1.29, 1.82) is 0 Å². The first kappa shape index (κ1) is 19.0. The minimum Gasteiger partial charge on any atom is -0.504 e. The zero-order valence-electron chi connectivity index (χ0n) is 14.6. The van der Waals surface area contributed by atoms with Crippen LogP contribution in [0.15, 0.2) is 47.6 Å². The molecular weight excluding hydrogens is 386 g/mol. The molecule has 0 spiro atoms. The zero-order chi connectivity index (χ0) is 20.1. The number of nitro benzene ring substituents is 1. The molecule has 28 heavy (non-hydrogen) atoms. The molecule has 0 aliphatic carbocycles. The van der Waals surface area contributed by atoms with Crippen molar-refractivity contribution in [1.82, 2.24) is 14.9 Å². The van der Waals surface area contributed by atoms with Gasteiger partial charge in [-0.3, -0.25) is 10.1 Å². The lowest BCUT2D eigenvalue weighted by Crippen LogP contribution is -2.04. The Morgan fingerprint density at radius 3 is 2.82 bits per heavy atom. The van der Waals surface area contributed by atoms with Crippen molar-refractivity contribution in [3.8, 4) is 17.2 Å². The molecule has 0 atom stereocenters. The molecule has 0 radical (unpaired) electrons. The van der Waals surface area contributed by atoms with Crippen molar-refractivity contribution in [3.63, 3.8) is 0 Å². The molecule has 0 amide bonds. The van der Waals surface area contributed by atoms with Crippen LogP contribution < -0.4 is 9.47 Å². The number of hydrogen-bond donors (Lipinski definition) is 2. The Labute approximate surface area is 163 Å². The molecule has 0 aliphatic heterocycles. The molecule has 3 rings (SSSR count). The second kappa shape index (κ2) is 8.31. The van der Waals surface area contributed by atoms with Crippen LogP contribution in [0.3, 0.4) is 0 Å². The Balaban J connectivity index is 1.89. The number of phenols is 1. The Kier molecular flexibility index (Phi) is 5.65. The third-order valence-electron chi connectivity index (χ3n) is 3.67. The van der Waals surface area contributed by atoms with Gasteiger partial charge in [0.05, 0.1) is 29.9 Å². The van der Waals surface area contributed by atoms with E-state index in [0.717, 1.165) is 6.07 Å². The van der Waals surface area contributed by atoms with Gasteiger partial charge in [0.2, 0.25) is 4.77 Å². The summed E-state index contributed by atoms with van der Waals surface area (Å²) in [5.41, 5.74) is -0.211. The number of hydrogen-bond acceptors (Lipinski definition) is 8. The maximum Gasteiger partial charge on any atom is 0.282 e. The molecule has 1 heterocycles. The summed E-state index contributed by atoms with van der Waals surface area (Å²) in [4.78, 5) is 10.7. The van der Waals surface area contributed by atoms with Crippen LogP contribution in [0.5, 0.6) is 17.2 Å². The fourth-order valence-corrected chi connectivity index (χ4v) is 2.52. The van der Waals surface area contributed by atoms with Crippen LogP contribution in [0.2, 0.25) is 0 Å². The van der Waals surface area contributed by atoms with E-state index >= 15 is 0 Å². The van der Waals surface area contributed by atoms with Crippen molar-refractivity contribution in [2.75, 3.05) is 7.11 Å². The number of nitrogens with zero attached hydrogens (tertiary/aromatic N) is 4. The van der Waals surface area contributed by atoms with Gasteiger partial charge in [0.15, 0.2) is 17.3 Å². The number of aromatic amines is 1. The van der Waals surface area contributed by atoms with Gasteiger partial charge in [-0.2, -0.15) is 14.9 Å². The summed E-state index contributed by atoms with van der Waals surface area (Å²) in [6.07, 6.45) is 1.20. The van der Waals surface area contributed by atoms with Crippen molar-refractivity contribution in [2.45, 2.75) is 6.61 Å². The fraction of sp³-hybridized carbons (Fsp3) is 0.118. The van der Waals surface area contributed by atoms with Crippen LogP contribution >= 0.6 is 12.2 Å². The fourth-order valence-electron chi connectivity index (χ4n) is 2.32. The summed E-state index contributed by atoms with van der Waals surface area (Å²) in [6, 6.07) is 11.4. The zero-order valence-corrected chi connectivity index (χ0v) is 15.4. The molecule has 1 aromatic heterocycles. The van der Waals surface area contributed by atoms with Gasteiger partial charge < -0.3 is 14.6 Å². The van der Waals surface area contributed by atoms with E-state index in [1.165, 1.54) is 24.1 Å². The number of rotatable bonds is 7. The van der Waals surface area contributed by atoms with Crippen molar-refractivity contribution in [2.24, 2.45) is 5.10 Å². The van der Waals surface area contributed by atoms with E-state index in [0.29, 0.717) is 11.6 Å². The first-order chi connectivity index (χ1) is 13.5. The Hall–Kier alpha value is -3.73. The second-order valence-electron chi connectivity index (χ2n) is 5.44. The lowest BCUT2D eigenvalue weighted by Gasteiger charge is -2.06. The highest BCUT2D eigenvalue weighted by molar-refractivity contribution is 7.71. The topological polar surface area (TPSA) is 128 Å². The number of nitrogens with one attached hydrogen (secondary N) is 1. The third kappa shape index (κ3) is 4.15. The van der Waals surface area contributed by atoms with E-state index in [9.17, 15) is 15.2 Å². The van der Waals surface area contributed by atoms with E-state index in [2.05, 4.69) is 15.3 Å². The SMILES string of the molecule is COc1cc([N+](=O)[O-])c(/C=N\n2c(COc3ccccc3)n[nH]c2=S)cc1O. The van der Waals surface area contributed by atoms with Crippen LogP contribution in [-0.4, -0.2) is 38.2 Å². The highest BCUT2D eigenvalue weighted by Crippen LogP contribution is 2.32. The molecule has 11 heteroatoms. The molecule has 0 fully saturated rings. The van der Waals surface area contributed by atoms with Crippen LogP contribution in [-0.2, 0) is 6.61 Å². The summed E-state index contributed by atoms with van der Waals surface area (Å²) in [5.74, 6) is 0.742. The van der Waals surface area contributed by atoms with Gasteiger partial charge in [0.25, 0.3) is 5.69 Å². The van der Waals surface area contributed by atoms with Gasteiger partial charge in [-0.1, -0.05) is 18.2 Å². The highest BCUT2D eigenvalue weighted by Gasteiger charge is 2.18. The average molecular weight is 401 g/mol. The maximum atomic E-state index is 11.3. The van der Waals surface area contributed by atoms with Crippen LogP contribution in [0.25, 0.3) is 0 Å². The van der Waals surface area contributed by atoms with Crippen LogP contribution in [0, 0.1) is 14.9 Å². The molecular formula is C17H15N5O5S. The predicted molar refractivity (Wildman–Crippen MR) is 102 cm³/mol. The monoisotopic (exact) mass is 401 g/mol. The molecule has 144 valence electrons. The quantitative estimate of drug-likeness (QED) is 0.269. The van der Waals surface area contributed by atoms with E-state index < -0.39 is 4.92 Å². The summed E-state index contributed by atoms with van der Waals surface area (Å²) in [7, 11) is 1.30. The van der Waals surface area contributed by atoms with E-state index in [1.807, 2.05) is 18.2 Å². The number of aromatic hydroxyl groups is 1. The van der Waals surface area contributed by atoms with E-state index in [-0.39, 0.29) is 34.1 Å². The summed E-state index contributed by atoms with van der Waals surface area (Å²) < 4.78 is 12.0. The van der Waals surface area contributed by atoms with Crippen molar-refractivity contribution >= 4 is 24.1 Å². The number of methoxy groups -OCH3 is 1. The summed E-state index contributed by atoms with van der Waals surface area (Å²) >= 11 is 5.14.